The average Bonchev–Trinajstić information content (AvgIpc) is 2.35. The number of hydrogen-bond donors (Lipinski definition) is 3. The number of carboxylic acid groups (broad SMARTS) is 1. The van der Waals surface area contributed by atoms with Crippen molar-refractivity contribution in [1.29, 1.82) is 0 Å². The summed E-state index contributed by atoms with van der Waals surface area (Å²) in [6, 6.07) is 5.81. The Kier molecular flexibility index (Phi) is 5.84. The molecule has 5 nitrogen and oxygen atoms in total. The molecule has 0 aliphatic carbocycles. The Labute approximate surface area is 119 Å². The van der Waals surface area contributed by atoms with E-state index in [9.17, 15) is 13.4 Å². The highest BCUT2D eigenvalue weighted by Gasteiger charge is 2.33. The molecule has 0 saturated carbocycles. The van der Waals surface area contributed by atoms with Crippen LogP contribution in [0.5, 0.6) is 0 Å². The van der Waals surface area contributed by atoms with Crippen LogP contribution in [0.15, 0.2) is 36.9 Å². The van der Waals surface area contributed by atoms with Crippen LogP contribution >= 0.6 is 0 Å². The van der Waals surface area contributed by atoms with E-state index in [2.05, 4.69) is 16.6 Å². The van der Waals surface area contributed by atoms with Crippen LogP contribution in [-0.4, -0.2) is 27.7 Å². The molecule has 0 saturated heterocycles. The van der Waals surface area contributed by atoms with Gasteiger partial charge in [-0.05, 0) is 13.0 Å². The van der Waals surface area contributed by atoms with Gasteiger partial charge in [0.1, 0.15) is 5.82 Å². The molecule has 20 heavy (non-hydrogen) atoms. The van der Waals surface area contributed by atoms with Crippen molar-refractivity contribution in [3.8, 4) is 0 Å². The average molecular weight is 300 g/mol. The van der Waals surface area contributed by atoms with Crippen molar-refractivity contribution in [2.75, 3.05) is 12.3 Å². The summed E-state index contributed by atoms with van der Waals surface area (Å²) in [5.74, 6) is -0.655. The first-order valence-electron chi connectivity index (χ1n) is 5.88. The second-order valence-corrected chi connectivity index (χ2v) is 5.64. The minimum Gasteiger partial charge on any atom is -0.465 e. The van der Waals surface area contributed by atoms with Crippen molar-refractivity contribution >= 4 is 17.1 Å². The molecule has 2 unspecified atom stereocenters. The van der Waals surface area contributed by atoms with E-state index in [4.69, 9.17) is 5.11 Å². The van der Waals surface area contributed by atoms with Crippen LogP contribution in [0.3, 0.4) is 0 Å². The number of halogens is 1. The highest BCUT2D eigenvalue weighted by atomic mass is 32.2. The molecule has 1 aromatic carbocycles. The smallest absolute Gasteiger partial charge is 0.405 e. The fourth-order valence-corrected chi connectivity index (χ4v) is 2.95. The molecular weight excluding hydrogens is 283 g/mol. The summed E-state index contributed by atoms with van der Waals surface area (Å²) in [6.07, 6.45) is 0.222. The van der Waals surface area contributed by atoms with Gasteiger partial charge in [0.25, 0.3) is 0 Å². The zero-order valence-corrected chi connectivity index (χ0v) is 11.9. The summed E-state index contributed by atoms with van der Waals surface area (Å²) in [6.45, 7) is 5.29. The molecule has 0 radical (unpaired) electrons. The van der Waals surface area contributed by atoms with E-state index in [-0.39, 0.29) is 11.3 Å². The van der Waals surface area contributed by atoms with Crippen molar-refractivity contribution < 1.29 is 18.5 Å². The summed E-state index contributed by atoms with van der Waals surface area (Å²) < 4.78 is 28.4. The number of carbonyl (C=O) groups is 1. The minimum atomic E-state index is -1.53. The van der Waals surface area contributed by atoms with Gasteiger partial charge in [-0.25, -0.2) is 18.1 Å². The van der Waals surface area contributed by atoms with E-state index < -0.39 is 28.4 Å². The molecule has 0 heterocycles. The van der Waals surface area contributed by atoms with E-state index in [1.165, 1.54) is 31.2 Å². The molecule has 1 rings (SSSR count). The lowest BCUT2D eigenvalue weighted by molar-refractivity contribution is 0.182. The van der Waals surface area contributed by atoms with Crippen LogP contribution in [0.4, 0.5) is 9.18 Å². The van der Waals surface area contributed by atoms with Gasteiger partial charge in [-0.3, -0.25) is 0 Å². The van der Waals surface area contributed by atoms with Crippen LogP contribution in [-0.2, 0) is 16.5 Å². The Hall–Kier alpha value is -1.73. The van der Waals surface area contributed by atoms with Gasteiger partial charge in [0.2, 0.25) is 0 Å². The van der Waals surface area contributed by atoms with E-state index in [0.717, 1.165) is 0 Å². The molecule has 0 aliphatic rings. The van der Waals surface area contributed by atoms with Crippen LogP contribution < -0.4 is 10.0 Å². The molecule has 0 spiro atoms. The molecule has 0 aliphatic heterocycles. The number of nitrogens with one attached hydrogen (secondary N) is 2. The highest BCUT2D eigenvalue weighted by molar-refractivity contribution is 7.83. The van der Waals surface area contributed by atoms with E-state index in [1.54, 1.807) is 6.07 Å². The van der Waals surface area contributed by atoms with Crippen molar-refractivity contribution in [3.63, 3.8) is 0 Å². The van der Waals surface area contributed by atoms with Crippen molar-refractivity contribution in [1.82, 2.24) is 10.0 Å². The summed E-state index contributed by atoms with van der Waals surface area (Å²) in [7, 11) is -1.53. The van der Waals surface area contributed by atoms with Crippen LogP contribution in [0, 0.1) is 5.82 Å². The third-order valence-corrected chi connectivity index (χ3v) is 3.99. The summed E-state index contributed by atoms with van der Waals surface area (Å²) >= 11 is 0. The van der Waals surface area contributed by atoms with E-state index in [1.807, 2.05) is 0 Å². The Morgan fingerprint density at radius 2 is 2.20 bits per heavy atom. The van der Waals surface area contributed by atoms with Crippen molar-refractivity contribution in [3.05, 3.63) is 48.3 Å². The zero-order chi connectivity index (χ0) is 15.2. The molecule has 1 amide bonds. The van der Waals surface area contributed by atoms with Gasteiger partial charge in [0, 0.05) is 12.1 Å². The van der Waals surface area contributed by atoms with Crippen molar-refractivity contribution in [2.24, 2.45) is 0 Å². The number of benzene rings is 1. The van der Waals surface area contributed by atoms with Gasteiger partial charge in [-0.1, -0.05) is 24.3 Å². The normalized spacial score (nSPS) is 15.1. The third kappa shape index (κ3) is 4.43. The largest absolute Gasteiger partial charge is 0.465 e. The van der Waals surface area contributed by atoms with Gasteiger partial charge in [-0.15, -0.1) is 6.58 Å². The van der Waals surface area contributed by atoms with Gasteiger partial charge < -0.3 is 10.4 Å². The fraction of sp³-hybridized carbons (Fsp3) is 0.308. The summed E-state index contributed by atoms with van der Waals surface area (Å²) in [4.78, 5) is 10.9. The molecule has 1 aromatic rings. The molecule has 0 aromatic heterocycles. The van der Waals surface area contributed by atoms with Gasteiger partial charge >= 0.3 is 6.09 Å². The topological polar surface area (TPSA) is 78.4 Å². The Morgan fingerprint density at radius 3 is 2.75 bits per heavy atom. The van der Waals surface area contributed by atoms with Crippen LogP contribution in [0.2, 0.25) is 0 Å². The third-order valence-electron chi connectivity index (χ3n) is 2.66. The standard InChI is InChI=1S/C13H17FN2O3S/c1-3-8-15-20(19)9-13(2,16-12(17)18)10-6-4-5-7-11(10)14/h3-7,15-16H,1,8-9H2,2H3,(H,17,18). The first kappa shape index (κ1) is 16.3. The highest BCUT2D eigenvalue weighted by Crippen LogP contribution is 2.24. The maximum atomic E-state index is 13.9. The monoisotopic (exact) mass is 300 g/mol. The van der Waals surface area contributed by atoms with Gasteiger partial charge in [0.05, 0.1) is 22.3 Å². The number of amides is 1. The number of rotatable bonds is 7. The van der Waals surface area contributed by atoms with Crippen molar-refractivity contribution in [2.45, 2.75) is 12.5 Å². The predicted octanol–water partition coefficient (Wildman–Crippen LogP) is 1.75. The predicted molar refractivity (Wildman–Crippen MR) is 76.1 cm³/mol. The molecular formula is C13H17FN2O3S. The molecule has 7 heteroatoms. The lowest BCUT2D eigenvalue weighted by Crippen LogP contribution is -2.48. The second kappa shape index (κ2) is 7.16. The lowest BCUT2D eigenvalue weighted by Gasteiger charge is -2.29. The second-order valence-electron chi connectivity index (χ2n) is 4.37. The minimum absolute atomic E-state index is 0.103. The molecule has 3 N–H and O–H groups in total. The zero-order valence-electron chi connectivity index (χ0n) is 11.1. The quantitative estimate of drug-likeness (QED) is 0.671. The number of hydrogen-bond acceptors (Lipinski definition) is 2. The molecule has 0 fully saturated rings. The molecule has 110 valence electrons. The van der Waals surface area contributed by atoms with E-state index in [0.29, 0.717) is 6.54 Å². The van der Waals surface area contributed by atoms with Gasteiger partial charge in [-0.2, -0.15) is 0 Å². The molecule has 2 atom stereocenters. The Morgan fingerprint density at radius 1 is 1.55 bits per heavy atom. The fourth-order valence-electron chi connectivity index (χ4n) is 1.79. The first-order chi connectivity index (χ1) is 9.39. The lowest BCUT2D eigenvalue weighted by atomic mass is 9.94. The Bertz CT molecular complexity index is 524. The molecule has 0 bridgehead atoms. The van der Waals surface area contributed by atoms with Crippen LogP contribution in [0.1, 0.15) is 12.5 Å². The first-order valence-corrected chi connectivity index (χ1v) is 7.20. The van der Waals surface area contributed by atoms with Gasteiger partial charge in [0.15, 0.2) is 0 Å². The maximum Gasteiger partial charge on any atom is 0.405 e. The van der Waals surface area contributed by atoms with E-state index >= 15 is 0 Å². The SMILES string of the molecule is C=CCNS(=O)CC(C)(NC(=O)O)c1ccccc1F. The summed E-state index contributed by atoms with van der Waals surface area (Å²) in [5, 5.41) is 11.2. The summed E-state index contributed by atoms with van der Waals surface area (Å²) in [5.41, 5.74) is -1.15. The van der Waals surface area contributed by atoms with Crippen LogP contribution in [0.25, 0.3) is 0 Å². The Balaban J connectivity index is 3.03. The maximum absolute atomic E-state index is 13.9.